The molecule has 4 heteroatoms. The molecule has 1 aromatic heterocycles. The fourth-order valence-electron chi connectivity index (χ4n) is 1.92. The fraction of sp³-hybridized carbons (Fsp3) is 0.769. The molecule has 1 rings (SSSR count). The van der Waals surface area contributed by atoms with Crippen molar-refractivity contribution in [3.05, 3.63) is 10.6 Å². The third kappa shape index (κ3) is 3.96. The summed E-state index contributed by atoms with van der Waals surface area (Å²) in [6.07, 6.45) is 1.20. The first-order chi connectivity index (χ1) is 7.95. The lowest BCUT2D eigenvalue weighted by atomic mass is 10.0. The van der Waals surface area contributed by atoms with Gasteiger partial charge in [-0.2, -0.15) is 0 Å². The van der Waals surface area contributed by atoms with Crippen LogP contribution in [0.5, 0.6) is 0 Å². The molecule has 0 saturated carbocycles. The average molecular weight is 255 g/mol. The SMILES string of the molecule is CNCc1sc(N(C)C(C)CC(C)C)nc1C. The zero-order valence-electron chi connectivity index (χ0n) is 11.9. The average Bonchev–Trinajstić information content (AvgIpc) is 2.59. The molecule has 0 aliphatic heterocycles. The van der Waals surface area contributed by atoms with Gasteiger partial charge in [-0.3, -0.25) is 0 Å². The van der Waals surface area contributed by atoms with Gasteiger partial charge in [0.15, 0.2) is 5.13 Å². The van der Waals surface area contributed by atoms with Crippen LogP contribution in [0.1, 0.15) is 37.8 Å². The maximum absolute atomic E-state index is 4.66. The van der Waals surface area contributed by atoms with E-state index in [4.69, 9.17) is 0 Å². The van der Waals surface area contributed by atoms with Gasteiger partial charge in [-0.25, -0.2) is 4.98 Å². The number of anilines is 1. The van der Waals surface area contributed by atoms with Crippen molar-refractivity contribution in [3.63, 3.8) is 0 Å². The van der Waals surface area contributed by atoms with Crippen LogP contribution in [0.4, 0.5) is 5.13 Å². The van der Waals surface area contributed by atoms with Gasteiger partial charge < -0.3 is 10.2 Å². The first kappa shape index (κ1) is 14.5. The smallest absolute Gasteiger partial charge is 0.185 e. The molecule has 0 aliphatic rings. The summed E-state index contributed by atoms with van der Waals surface area (Å²) in [5.74, 6) is 0.727. The summed E-state index contributed by atoms with van der Waals surface area (Å²) < 4.78 is 0. The Bertz CT molecular complexity index is 346. The lowest BCUT2D eigenvalue weighted by Gasteiger charge is -2.25. The zero-order valence-corrected chi connectivity index (χ0v) is 12.7. The topological polar surface area (TPSA) is 28.2 Å². The molecule has 0 radical (unpaired) electrons. The van der Waals surface area contributed by atoms with E-state index in [0.29, 0.717) is 6.04 Å². The lowest BCUT2D eigenvalue weighted by Crippen LogP contribution is -2.29. The van der Waals surface area contributed by atoms with E-state index in [0.717, 1.165) is 23.3 Å². The van der Waals surface area contributed by atoms with Crippen molar-refractivity contribution >= 4 is 16.5 Å². The number of hydrogen-bond donors (Lipinski definition) is 1. The predicted octanol–water partition coefficient (Wildman–Crippen LogP) is 3.04. The highest BCUT2D eigenvalue weighted by Crippen LogP contribution is 2.27. The Hall–Kier alpha value is -0.610. The van der Waals surface area contributed by atoms with E-state index in [-0.39, 0.29) is 0 Å². The Kier molecular flexibility index (Phi) is 5.40. The van der Waals surface area contributed by atoms with Crippen LogP contribution < -0.4 is 10.2 Å². The van der Waals surface area contributed by atoms with Gasteiger partial charge >= 0.3 is 0 Å². The molecule has 17 heavy (non-hydrogen) atoms. The standard InChI is InChI=1S/C13H25N3S/c1-9(2)7-10(3)16(6)13-15-11(4)12(17-13)8-14-5/h9-10,14H,7-8H2,1-6H3. The maximum atomic E-state index is 4.66. The highest BCUT2D eigenvalue weighted by Gasteiger charge is 2.16. The normalized spacial score (nSPS) is 13.1. The van der Waals surface area contributed by atoms with Crippen molar-refractivity contribution in [2.45, 2.75) is 46.7 Å². The summed E-state index contributed by atoms with van der Waals surface area (Å²) in [6.45, 7) is 9.81. The van der Waals surface area contributed by atoms with Crippen molar-refractivity contribution in [2.24, 2.45) is 5.92 Å². The van der Waals surface area contributed by atoms with Crippen LogP contribution in [-0.2, 0) is 6.54 Å². The molecule has 0 fully saturated rings. The molecule has 0 amide bonds. The quantitative estimate of drug-likeness (QED) is 0.847. The van der Waals surface area contributed by atoms with Gasteiger partial charge in [0.25, 0.3) is 0 Å². The summed E-state index contributed by atoms with van der Waals surface area (Å²) >= 11 is 1.80. The molecule has 1 aromatic rings. The van der Waals surface area contributed by atoms with Crippen molar-refractivity contribution in [3.8, 4) is 0 Å². The Morgan fingerprint density at radius 2 is 2.00 bits per heavy atom. The number of nitrogens with one attached hydrogen (secondary N) is 1. The van der Waals surface area contributed by atoms with Crippen LogP contribution in [0.15, 0.2) is 0 Å². The first-order valence-corrected chi connectivity index (χ1v) is 7.11. The monoisotopic (exact) mass is 255 g/mol. The second-order valence-electron chi connectivity index (χ2n) is 5.12. The summed E-state index contributed by atoms with van der Waals surface area (Å²) in [6, 6.07) is 0.544. The molecule has 1 N–H and O–H groups in total. The molecule has 0 aromatic carbocycles. The van der Waals surface area contributed by atoms with Crippen molar-refractivity contribution in [1.82, 2.24) is 10.3 Å². The molecular formula is C13H25N3S. The minimum absolute atomic E-state index is 0.544. The first-order valence-electron chi connectivity index (χ1n) is 6.29. The number of thiazole rings is 1. The summed E-state index contributed by atoms with van der Waals surface area (Å²) in [5, 5.41) is 4.33. The highest BCUT2D eigenvalue weighted by molar-refractivity contribution is 7.15. The Balaban J connectivity index is 2.74. The molecule has 0 aliphatic carbocycles. The summed E-state index contributed by atoms with van der Waals surface area (Å²) in [7, 11) is 4.12. The van der Waals surface area contributed by atoms with E-state index in [2.05, 4.69) is 49.9 Å². The molecule has 0 spiro atoms. The minimum Gasteiger partial charge on any atom is -0.348 e. The van der Waals surface area contributed by atoms with Crippen LogP contribution in [0.2, 0.25) is 0 Å². The van der Waals surface area contributed by atoms with Crippen molar-refractivity contribution in [2.75, 3.05) is 19.0 Å². The van der Waals surface area contributed by atoms with Gasteiger partial charge in [0.2, 0.25) is 0 Å². The predicted molar refractivity (Wildman–Crippen MR) is 76.9 cm³/mol. The molecule has 98 valence electrons. The molecule has 1 unspecified atom stereocenters. The summed E-state index contributed by atoms with van der Waals surface area (Å²) in [5.41, 5.74) is 1.16. The molecule has 0 saturated heterocycles. The lowest BCUT2D eigenvalue weighted by molar-refractivity contribution is 0.503. The number of nitrogens with zero attached hydrogens (tertiary/aromatic N) is 2. The third-order valence-electron chi connectivity index (χ3n) is 2.99. The number of hydrogen-bond acceptors (Lipinski definition) is 4. The van der Waals surface area contributed by atoms with Crippen molar-refractivity contribution in [1.29, 1.82) is 0 Å². The van der Waals surface area contributed by atoms with E-state index in [9.17, 15) is 0 Å². The van der Waals surface area contributed by atoms with Gasteiger partial charge in [-0.05, 0) is 33.2 Å². The second-order valence-corrected chi connectivity index (χ2v) is 6.19. The highest BCUT2D eigenvalue weighted by atomic mass is 32.1. The fourth-order valence-corrected chi connectivity index (χ4v) is 3.05. The Labute approximate surface area is 109 Å². The minimum atomic E-state index is 0.544. The third-order valence-corrected chi connectivity index (χ3v) is 4.24. The number of rotatable bonds is 6. The van der Waals surface area contributed by atoms with Crippen LogP contribution in [0, 0.1) is 12.8 Å². The van der Waals surface area contributed by atoms with E-state index >= 15 is 0 Å². The largest absolute Gasteiger partial charge is 0.348 e. The Morgan fingerprint density at radius 1 is 1.35 bits per heavy atom. The van der Waals surface area contributed by atoms with E-state index in [1.54, 1.807) is 11.3 Å². The van der Waals surface area contributed by atoms with Crippen LogP contribution in [0.25, 0.3) is 0 Å². The van der Waals surface area contributed by atoms with E-state index in [1.807, 2.05) is 7.05 Å². The number of aryl methyl sites for hydroxylation is 1. The molecule has 3 nitrogen and oxygen atoms in total. The zero-order chi connectivity index (χ0) is 13.0. The van der Waals surface area contributed by atoms with Gasteiger partial charge in [-0.15, -0.1) is 11.3 Å². The van der Waals surface area contributed by atoms with Crippen LogP contribution in [0.3, 0.4) is 0 Å². The molecule has 0 bridgehead atoms. The number of aromatic nitrogens is 1. The molecule has 1 heterocycles. The summed E-state index contributed by atoms with van der Waals surface area (Å²) in [4.78, 5) is 8.30. The second kappa shape index (κ2) is 6.36. The van der Waals surface area contributed by atoms with Crippen LogP contribution in [-0.4, -0.2) is 25.1 Å². The molecular weight excluding hydrogens is 230 g/mol. The van der Waals surface area contributed by atoms with Gasteiger partial charge in [0, 0.05) is 24.5 Å². The van der Waals surface area contributed by atoms with Gasteiger partial charge in [-0.1, -0.05) is 13.8 Å². The van der Waals surface area contributed by atoms with Gasteiger partial charge in [0.1, 0.15) is 0 Å². The molecule has 1 atom stereocenters. The van der Waals surface area contributed by atoms with Gasteiger partial charge in [0.05, 0.1) is 5.69 Å². The van der Waals surface area contributed by atoms with E-state index < -0.39 is 0 Å². The van der Waals surface area contributed by atoms with Crippen molar-refractivity contribution < 1.29 is 0 Å². The van der Waals surface area contributed by atoms with E-state index in [1.165, 1.54) is 11.3 Å². The Morgan fingerprint density at radius 3 is 2.53 bits per heavy atom. The maximum Gasteiger partial charge on any atom is 0.185 e. The van der Waals surface area contributed by atoms with Crippen LogP contribution >= 0.6 is 11.3 Å².